The molecule has 4 heteroatoms. The predicted octanol–water partition coefficient (Wildman–Crippen LogP) is -5.32. The number of hydrogen-bond donors (Lipinski definition) is 0. The van der Waals surface area contributed by atoms with Crippen LogP contribution in [0.5, 0.6) is 0 Å². The summed E-state index contributed by atoms with van der Waals surface area (Å²) in [6.07, 6.45) is 0. The molecular formula is H7NaOSi2. The Hall–Kier alpha value is 1.39. The zero-order valence-electron chi connectivity index (χ0n) is 4.41. The topological polar surface area (TPSA) is 9.23 Å². The fourth-order valence-electron chi connectivity index (χ4n) is 0. The van der Waals surface area contributed by atoms with E-state index in [0.29, 0.717) is 0 Å². The van der Waals surface area contributed by atoms with Gasteiger partial charge in [-0.05, 0) is 0 Å². The minimum Gasteiger partial charge on any atom is -1.00 e. The largest absolute Gasteiger partial charge is 1.00 e. The predicted molar refractivity (Wildman–Crippen MR) is 22.1 cm³/mol. The quantitative estimate of drug-likeness (QED) is 0.278. The van der Waals surface area contributed by atoms with Crippen LogP contribution in [0.4, 0.5) is 0 Å². The fraction of sp³-hybridized carbons (Fsp3) is 0. The molecule has 1 nitrogen and oxygen atoms in total. The first-order valence-corrected chi connectivity index (χ1v) is 2.45. The smallest absolute Gasteiger partial charge is 1.00 e. The van der Waals surface area contributed by atoms with Crippen LogP contribution in [0.15, 0.2) is 0 Å². The molecule has 4 heavy (non-hydrogen) atoms. The minimum absolute atomic E-state index is 0. The molecule has 0 aromatic carbocycles. The summed E-state index contributed by atoms with van der Waals surface area (Å²) in [5.41, 5.74) is 0. The van der Waals surface area contributed by atoms with Crippen molar-refractivity contribution in [2.75, 3.05) is 0 Å². The van der Waals surface area contributed by atoms with Crippen molar-refractivity contribution in [2.24, 2.45) is 0 Å². The van der Waals surface area contributed by atoms with Gasteiger partial charge in [0.1, 0.15) is 21.0 Å². The van der Waals surface area contributed by atoms with Gasteiger partial charge in [0.05, 0.1) is 0 Å². The van der Waals surface area contributed by atoms with E-state index >= 15 is 0 Å². The van der Waals surface area contributed by atoms with Gasteiger partial charge in [-0.25, -0.2) is 0 Å². The van der Waals surface area contributed by atoms with Gasteiger partial charge in [-0.15, -0.1) is 0 Å². The second kappa shape index (κ2) is 8.83. The van der Waals surface area contributed by atoms with Gasteiger partial charge in [-0.2, -0.15) is 0 Å². The van der Waals surface area contributed by atoms with Crippen molar-refractivity contribution in [3.63, 3.8) is 0 Å². The van der Waals surface area contributed by atoms with E-state index in [-0.39, 0.29) is 31.0 Å². The molecule has 0 radical (unpaired) electrons. The molecule has 0 saturated heterocycles. The molecule has 0 bridgehead atoms. The summed E-state index contributed by atoms with van der Waals surface area (Å²) in [5, 5.41) is 0. The van der Waals surface area contributed by atoms with Gasteiger partial charge in [-0.3, -0.25) is 0 Å². The Balaban J connectivity index is -0.0000000200. The van der Waals surface area contributed by atoms with E-state index < -0.39 is 0 Å². The molecule has 22 valence electrons. The molecule has 0 unspecified atom stereocenters. The summed E-state index contributed by atoms with van der Waals surface area (Å²) in [6.45, 7) is 0. The van der Waals surface area contributed by atoms with Crippen molar-refractivity contribution in [1.82, 2.24) is 0 Å². The molecule has 0 atom stereocenters. The van der Waals surface area contributed by atoms with Crippen molar-refractivity contribution >= 4 is 21.0 Å². The molecule has 0 N–H and O–H groups in total. The van der Waals surface area contributed by atoms with E-state index in [1.54, 1.807) is 0 Å². The van der Waals surface area contributed by atoms with E-state index in [2.05, 4.69) is 4.12 Å². The maximum absolute atomic E-state index is 4.53. The molecule has 0 aliphatic carbocycles. The Morgan fingerprint density at radius 2 is 1.50 bits per heavy atom. The van der Waals surface area contributed by atoms with Gasteiger partial charge in [0.2, 0.25) is 0 Å². The maximum atomic E-state index is 4.53. The van der Waals surface area contributed by atoms with Crippen LogP contribution in [0.2, 0.25) is 0 Å². The van der Waals surface area contributed by atoms with Gasteiger partial charge < -0.3 is 5.54 Å². The van der Waals surface area contributed by atoms with Gasteiger partial charge in [0.25, 0.3) is 0 Å². The van der Waals surface area contributed by atoms with Crippen LogP contribution in [-0.4, -0.2) is 21.0 Å². The Morgan fingerprint density at radius 1 is 1.50 bits per heavy atom. The fourth-order valence-corrected chi connectivity index (χ4v) is 0. The Bertz CT molecular complexity index is 9.61. The van der Waals surface area contributed by atoms with Crippen molar-refractivity contribution in [2.45, 2.75) is 0 Å². The molecule has 0 spiro atoms. The van der Waals surface area contributed by atoms with E-state index in [1.807, 2.05) is 0 Å². The molecule has 0 heterocycles. The molecule has 0 aliphatic heterocycles. The number of hydrogen-bond acceptors (Lipinski definition) is 1. The molecule has 0 aliphatic rings. The van der Waals surface area contributed by atoms with Crippen LogP contribution in [0.3, 0.4) is 0 Å². The molecule has 0 aromatic rings. The molecule has 0 aromatic heterocycles. The van der Waals surface area contributed by atoms with E-state index in [1.165, 1.54) is 0 Å². The molecular weight excluding hydrogens is 95.2 g/mol. The van der Waals surface area contributed by atoms with E-state index in [9.17, 15) is 0 Å². The first kappa shape index (κ1) is 9.04. The van der Waals surface area contributed by atoms with Crippen LogP contribution in [0, 0.1) is 0 Å². The average Bonchev–Trinajstić information content (AvgIpc) is 0.918. The Kier molecular flexibility index (Phi) is 20.0. The van der Waals surface area contributed by atoms with E-state index in [0.717, 1.165) is 21.0 Å². The van der Waals surface area contributed by atoms with Crippen molar-refractivity contribution in [3.05, 3.63) is 0 Å². The summed E-state index contributed by atoms with van der Waals surface area (Å²) < 4.78 is 4.53. The standard InChI is InChI=1S/Na.H6OSi2.H/c;2-1-3;/h;2-3H3;/q+1;;-1. The van der Waals surface area contributed by atoms with Gasteiger partial charge >= 0.3 is 29.6 Å². The summed E-state index contributed by atoms with van der Waals surface area (Å²) in [4.78, 5) is 0. The monoisotopic (exact) mass is 102 g/mol. The normalized spacial score (nSPS) is 6.00. The summed E-state index contributed by atoms with van der Waals surface area (Å²) in [7, 11) is 1.86. The summed E-state index contributed by atoms with van der Waals surface area (Å²) in [5.74, 6) is 0. The van der Waals surface area contributed by atoms with Gasteiger partial charge in [-0.1, -0.05) is 0 Å². The first-order chi connectivity index (χ1) is 1.41. The van der Waals surface area contributed by atoms with Crippen LogP contribution >= 0.6 is 0 Å². The average molecular weight is 102 g/mol. The van der Waals surface area contributed by atoms with Crippen molar-refractivity contribution in [3.8, 4) is 0 Å². The van der Waals surface area contributed by atoms with E-state index in [4.69, 9.17) is 0 Å². The molecule has 0 amide bonds. The maximum Gasteiger partial charge on any atom is 1.00 e. The Morgan fingerprint density at radius 3 is 1.50 bits per heavy atom. The summed E-state index contributed by atoms with van der Waals surface area (Å²) in [6, 6.07) is 0. The number of rotatable bonds is 0. The van der Waals surface area contributed by atoms with Crippen LogP contribution in [0.25, 0.3) is 0 Å². The van der Waals surface area contributed by atoms with Gasteiger partial charge in [0.15, 0.2) is 0 Å². The van der Waals surface area contributed by atoms with Crippen molar-refractivity contribution < 1.29 is 35.1 Å². The summed E-state index contributed by atoms with van der Waals surface area (Å²) >= 11 is 0. The second-order valence-electron chi connectivity index (χ2n) is 0.408. The van der Waals surface area contributed by atoms with Crippen LogP contribution in [0.1, 0.15) is 1.43 Å². The van der Waals surface area contributed by atoms with Gasteiger partial charge in [0, 0.05) is 0 Å². The van der Waals surface area contributed by atoms with Crippen LogP contribution in [-0.2, 0) is 4.12 Å². The first-order valence-electron chi connectivity index (χ1n) is 0.816. The minimum atomic E-state index is 0. The van der Waals surface area contributed by atoms with Crippen molar-refractivity contribution in [1.29, 1.82) is 0 Å². The van der Waals surface area contributed by atoms with Crippen LogP contribution < -0.4 is 29.6 Å². The molecule has 0 rings (SSSR count). The Labute approximate surface area is 56.0 Å². The second-order valence-corrected chi connectivity index (χ2v) is 3.67. The zero-order chi connectivity index (χ0) is 2.71. The third-order valence-electron chi connectivity index (χ3n) is 0. The third-order valence-corrected chi connectivity index (χ3v) is 0. The molecule has 0 saturated carbocycles. The third kappa shape index (κ3) is 10.0. The molecule has 0 fully saturated rings. The SMILES string of the molecule is [H-].[Na+].[SiH3]O[SiH3]. The zero-order valence-corrected chi connectivity index (χ0v) is 9.41.